The molecule has 1 amide bonds. The van der Waals surface area contributed by atoms with Gasteiger partial charge in [0, 0.05) is 23.2 Å². The van der Waals surface area contributed by atoms with E-state index in [0.717, 1.165) is 5.56 Å². The van der Waals surface area contributed by atoms with E-state index in [9.17, 15) is 14.9 Å². The molecule has 3 aromatic carbocycles. The molecule has 0 radical (unpaired) electrons. The number of pyridine rings is 1. The third-order valence-electron chi connectivity index (χ3n) is 5.08. The number of allylic oxidation sites excluding steroid dienone is 1. The summed E-state index contributed by atoms with van der Waals surface area (Å²) in [5, 5.41) is 15.7. The molecule has 0 aliphatic heterocycles. The number of benzene rings is 3. The zero-order valence-corrected chi connectivity index (χ0v) is 18.2. The number of fused-ring (bicyclic) bond motifs is 1. The predicted octanol–water partition coefficient (Wildman–Crippen LogP) is 5.25. The molecule has 168 valence electrons. The monoisotopic (exact) mass is 452 g/mol. The van der Waals surface area contributed by atoms with Gasteiger partial charge in [-0.1, -0.05) is 42.5 Å². The van der Waals surface area contributed by atoms with Gasteiger partial charge in [-0.3, -0.25) is 14.9 Å². The molecule has 0 unspecified atom stereocenters. The van der Waals surface area contributed by atoms with Crippen molar-refractivity contribution in [2.45, 2.75) is 0 Å². The van der Waals surface area contributed by atoms with Crippen LogP contribution < -0.4 is 10.2 Å². The molecule has 34 heavy (non-hydrogen) atoms. The molecule has 0 fully saturated rings. The molecule has 1 N–H and O–H groups in total. The second-order valence-electron chi connectivity index (χ2n) is 7.17. The zero-order chi connectivity index (χ0) is 23.9. The largest absolute Gasteiger partial charge is 0.496 e. The summed E-state index contributed by atoms with van der Waals surface area (Å²) in [6.07, 6.45) is 4.43. The molecule has 1 heterocycles. The van der Waals surface area contributed by atoms with Crippen LogP contribution in [0.2, 0.25) is 0 Å². The van der Waals surface area contributed by atoms with Crippen LogP contribution in [0.1, 0.15) is 15.9 Å². The number of para-hydroxylation sites is 3. The minimum Gasteiger partial charge on any atom is -0.496 e. The number of nitro groups is 1. The molecule has 4 rings (SSSR count). The number of rotatable bonds is 7. The summed E-state index contributed by atoms with van der Waals surface area (Å²) in [6, 6.07) is 22.9. The quantitative estimate of drug-likeness (QED) is 0.234. The first-order valence-electron chi connectivity index (χ1n) is 10.3. The molecule has 0 aliphatic rings. The number of nitrogens with zero attached hydrogens (tertiary/aromatic N) is 3. The standard InChI is InChI=1S/C26H20N4O4/c1-34-25-15-7-4-12-20(25)23-17-21(19-11-3-5-13-22(19)28-23)26(31)29-27-16-8-10-18-9-2-6-14-24(18)30(32)33/h2-17H,1H3,(H,29,31)/b10-8+,27-16?. The van der Waals surface area contributed by atoms with Crippen molar-refractivity contribution in [2.75, 3.05) is 7.11 Å². The Bertz CT molecular complexity index is 1430. The van der Waals surface area contributed by atoms with Crippen LogP contribution in [-0.2, 0) is 0 Å². The number of methoxy groups -OCH3 is 1. The Kier molecular flexibility index (Phi) is 6.69. The van der Waals surface area contributed by atoms with Crippen molar-refractivity contribution < 1.29 is 14.5 Å². The van der Waals surface area contributed by atoms with E-state index in [1.807, 2.05) is 48.5 Å². The molecule has 0 saturated carbocycles. The van der Waals surface area contributed by atoms with Gasteiger partial charge in [0.2, 0.25) is 0 Å². The van der Waals surface area contributed by atoms with E-state index in [2.05, 4.69) is 10.5 Å². The summed E-state index contributed by atoms with van der Waals surface area (Å²) in [6.45, 7) is 0. The highest BCUT2D eigenvalue weighted by Crippen LogP contribution is 2.31. The van der Waals surface area contributed by atoms with Crippen molar-refractivity contribution in [1.29, 1.82) is 0 Å². The molecule has 0 atom stereocenters. The van der Waals surface area contributed by atoms with Crippen molar-refractivity contribution in [1.82, 2.24) is 10.4 Å². The molecule has 0 aliphatic carbocycles. The number of aromatic nitrogens is 1. The van der Waals surface area contributed by atoms with Crippen LogP contribution in [0.4, 0.5) is 5.69 Å². The lowest BCUT2D eigenvalue weighted by Crippen LogP contribution is -2.18. The molecular weight excluding hydrogens is 432 g/mol. The summed E-state index contributed by atoms with van der Waals surface area (Å²) in [4.78, 5) is 28.3. The van der Waals surface area contributed by atoms with Crippen LogP contribution in [-0.4, -0.2) is 29.1 Å². The maximum atomic E-state index is 13.0. The number of amides is 1. The summed E-state index contributed by atoms with van der Waals surface area (Å²) < 4.78 is 5.45. The lowest BCUT2D eigenvalue weighted by atomic mass is 10.0. The number of hydrogen-bond donors (Lipinski definition) is 1. The van der Waals surface area contributed by atoms with Crippen molar-refractivity contribution in [3.8, 4) is 17.0 Å². The number of hydrogen-bond acceptors (Lipinski definition) is 6. The van der Waals surface area contributed by atoms with E-state index in [1.165, 1.54) is 18.4 Å². The van der Waals surface area contributed by atoms with Gasteiger partial charge in [-0.25, -0.2) is 10.4 Å². The van der Waals surface area contributed by atoms with Gasteiger partial charge >= 0.3 is 0 Å². The van der Waals surface area contributed by atoms with Crippen LogP contribution in [0.5, 0.6) is 5.75 Å². The minimum atomic E-state index is -0.452. The third kappa shape index (κ3) is 4.81. The summed E-state index contributed by atoms with van der Waals surface area (Å²) in [5.74, 6) is 0.236. The van der Waals surface area contributed by atoms with E-state index in [4.69, 9.17) is 9.72 Å². The van der Waals surface area contributed by atoms with Crippen molar-refractivity contribution in [2.24, 2.45) is 5.10 Å². The molecule has 0 bridgehead atoms. The van der Waals surface area contributed by atoms with Gasteiger partial charge in [-0.15, -0.1) is 0 Å². The number of hydrazone groups is 1. The van der Waals surface area contributed by atoms with Crippen molar-refractivity contribution in [3.63, 3.8) is 0 Å². The second kappa shape index (κ2) is 10.2. The van der Waals surface area contributed by atoms with E-state index in [1.54, 1.807) is 37.5 Å². The molecule has 8 nitrogen and oxygen atoms in total. The van der Waals surface area contributed by atoms with E-state index >= 15 is 0 Å². The van der Waals surface area contributed by atoms with Crippen molar-refractivity contribution >= 4 is 34.8 Å². The second-order valence-corrected chi connectivity index (χ2v) is 7.17. The normalized spacial score (nSPS) is 11.2. The van der Waals surface area contributed by atoms with Gasteiger partial charge in [-0.05, 0) is 42.5 Å². The fourth-order valence-corrected chi connectivity index (χ4v) is 3.50. The van der Waals surface area contributed by atoms with Crippen LogP contribution in [0.3, 0.4) is 0 Å². The van der Waals surface area contributed by atoms with E-state index in [0.29, 0.717) is 33.5 Å². The van der Waals surface area contributed by atoms with Gasteiger partial charge in [0.05, 0.1) is 34.4 Å². The zero-order valence-electron chi connectivity index (χ0n) is 18.2. The van der Waals surface area contributed by atoms with Gasteiger partial charge in [-0.2, -0.15) is 5.10 Å². The number of carbonyl (C=O) groups is 1. The maximum absolute atomic E-state index is 13.0. The minimum absolute atomic E-state index is 0.0108. The maximum Gasteiger partial charge on any atom is 0.276 e. The highest BCUT2D eigenvalue weighted by atomic mass is 16.6. The first kappa shape index (κ1) is 22.3. The summed E-state index contributed by atoms with van der Waals surface area (Å²) >= 11 is 0. The highest BCUT2D eigenvalue weighted by Gasteiger charge is 2.15. The Labute approximate surface area is 195 Å². The lowest BCUT2D eigenvalue weighted by Gasteiger charge is -2.11. The predicted molar refractivity (Wildman–Crippen MR) is 132 cm³/mol. The Hall–Kier alpha value is -4.85. The Morgan fingerprint density at radius 2 is 1.79 bits per heavy atom. The third-order valence-corrected chi connectivity index (χ3v) is 5.08. The Balaban J connectivity index is 1.60. The van der Waals surface area contributed by atoms with Crippen LogP contribution in [0.25, 0.3) is 28.2 Å². The Morgan fingerprint density at radius 1 is 1.06 bits per heavy atom. The van der Waals surface area contributed by atoms with E-state index < -0.39 is 10.8 Å². The average molecular weight is 452 g/mol. The number of nitro benzene ring substituents is 1. The molecule has 1 aromatic heterocycles. The topological polar surface area (TPSA) is 107 Å². The highest BCUT2D eigenvalue weighted by molar-refractivity contribution is 6.07. The fourth-order valence-electron chi connectivity index (χ4n) is 3.50. The number of carbonyl (C=O) groups excluding carboxylic acids is 1. The molecular formula is C26H20N4O4. The van der Waals surface area contributed by atoms with Gasteiger partial charge in [0.1, 0.15) is 5.75 Å². The summed E-state index contributed by atoms with van der Waals surface area (Å²) in [5.41, 5.74) is 5.37. The van der Waals surface area contributed by atoms with Gasteiger partial charge in [0.15, 0.2) is 0 Å². The molecule has 0 saturated heterocycles. The molecule has 4 aromatic rings. The SMILES string of the molecule is COc1ccccc1-c1cc(C(=O)NN=C/C=C/c2ccccc2[N+](=O)[O-])c2ccccc2n1. The average Bonchev–Trinajstić information content (AvgIpc) is 2.87. The van der Waals surface area contributed by atoms with Gasteiger partial charge in [0.25, 0.3) is 11.6 Å². The Morgan fingerprint density at radius 3 is 2.62 bits per heavy atom. The first-order chi connectivity index (χ1) is 16.6. The van der Waals surface area contributed by atoms with Crippen molar-refractivity contribution in [3.05, 3.63) is 106 Å². The smallest absolute Gasteiger partial charge is 0.276 e. The van der Waals surface area contributed by atoms with Gasteiger partial charge < -0.3 is 4.74 Å². The summed E-state index contributed by atoms with van der Waals surface area (Å²) in [7, 11) is 1.58. The van der Waals surface area contributed by atoms with Crippen LogP contribution in [0.15, 0.2) is 90.0 Å². The lowest BCUT2D eigenvalue weighted by molar-refractivity contribution is -0.385. The molecule has 0 spiro atoms. The van der Waals surface area contributed by atoms with E-state index in [-0.39, 0.29) is 5.69 Å². The van der Waals surface area contributed by atoms with Crippen LogP contribution >= 0.6 is 0 Å². The number of nitrogens with one attached hydrogen (secondary N) is 1. The van der Waals surface area contributed by atoms with Crippen LogP contribution in [0, 0.1) is 10.1 Å². The molecule has 8 heteroatoms. The first-order valence-corrected chi connectivity index (χ1v) is 10.3. The number of ether oxygens (including phenoxy) is 1. The fraction of sp³-hybridized carbons (Fsp3) is 0.0385.